The summed E-state index contributed by atoms with van der Waals surface area (Å²) in [5, 5.41) is 3.32. The molecular formula is C6H16NO4P. The van der Waals surface area contributed by atoms with Crippen molar-refractivity contribution in [2.24, 2.45) is 5.92 Å². The second kappa shape index (κ2) is 5.67. The van der Waals surface area contributed by atoms with Gasteiger partial charge in [0.1, 0.15) is 0 Å². The number of piperidine rings is 1. The van der Waals surface area contributed by atoms with E-state index < -0.39 is 7.82 Å². The molecule has 12 heavy (non-hydrogen) atoms. The molecule has 0 unspecified atom stereocenters. The van der Waals surface area contributed by atoms with E-state index in [1.54, 1.807) is 0 Å². The molecule has 0 aromatic heterocycles. The standard InChI is InChI=1S/C6H13N.H3O4P/c1-6-2-4-7-5-3-6;1-5(2,3)4/h6-7H,2-5H2,1H3;(H3,1,2,3,4). The Bertz CT molecular complexity index is 143. The number of nitrogens with one attached hydrogen (secondary N) is 1. The molecule has 1 rings (SSSR count). The van der Waals surface area contributed by atoms with E-state index in [9.17, 15) is 0 Å². The lowest BCUT2D eigenvalue weighted by Crippen LogP contribution is -2.26. The van der Waals surface area contributed by atoms with Gasteiger partial charge in [0.25, 0.3) is 0 Å². The fraction of sp³-hybridized carbons (Fsp3) is 1.00. The molecule has 0 amide bonds. The highest BCUT2D eigenvalue weighted by Gasteiger charge is 2.05. The average molecular weight is 197 g/mol. The first-order chi connectivity index (χ1) is 5.39. The van der Waals surface area contributed by atoms with Crippen molar-refractivity contribution in [3.63, 3.8) is 0 Å². The predicted octanol–water partition coefficient (Wildman–Crippen LogP) is 0.0773. The minimum absolute atomic E-state index is 0.973. The van der Waals surface area contributed by atoms with Crippen LogP contribution in [0.4, 0.5) is 0 Å². The van der Waals surface area contributed by atoms with Gasteiger partial charge in [-0.1, -0.05) is 6.92 Å². The Kier molecular flexibility index (Phi) is 5.70. The van der Waals surface area contributed by atoms with Crippen LogP contribution in [-0.4, -0.2) is 27.8 Å². The molecule has 4 N–H and O–H groups in total. The molecule has 1 aliphatic rings. The van der Waals surface area contributed by atoms with Gasteiger partial charge in [-0.25, -0.2) is 4.57 Å². The van der Waals surface area contributed by atoms with Crippen LogP contribution in [0.5, 0.6) is 0 Å². The molecule has 0 aromatic rings. The Balaban J connectivity index is 0.000000217. The van der Waals surface area contributed by atoms with E-state index in [-0.39, 0.29) is 0 Å². The highest BCUT2D eigenvalue weighted by molar-refractivity contribution is 7.45. The van der Waals surface area contributed by atoms with Crippen molar-refractivity contribution in [3.8, 4) is 0 Å². The van der Waals surface area contributed by atoms with Crippen molar-refractivity contribution in [1.29, 1.82) is 0 Å². The fourth-order valence-electron chi connectivity index (χ4n) is 0.966. The highest BCUT2D eigenvalue weighted by atomic mass is 31.2. The first-order valence-corrected chi connectivity index (χ1v) is 5.45. The third-order valence-corrected chi connectivity index (χ3v) is 1.63. The van der Waals surface area contributed by atoms with E-state index in [0.717, 1.165) is 5.92 Å². The SMILES string of the molecule is CC1CCNCC1.O=P(O)(O)O. The second-order valence-corrected chi connectivity index (χ2v) is 3.97. The molecule has 1 heterocycles. The van der Waals surface area contributed by atoms with Crippen LogP contribution in [0.15, 0.2) is 0 Å². The van der Waals surface area contributed by atoms with Crippen molar-refractivity contribution in [1.82, 2.24) is 5.32 Å². The van der Waals surface area contributed by atoms with Crippen molar-refractivity contribution in [2.75, 3.05) is 13.1 Å². The molecule has 0 atom stereocenters. The van der Waals surface area contributed by atoms with Crippen LogP contribution in [0, 0.1) is 5.92 Å². The van der Waals surface area contributed by atoms with Crippen LogP contribution in [0.1, 0.15) is 19.8 Å². The van der Waals surface area contributed by atoms with Gasteiger partial charge in [-0.2, -0.15) is 0 Å². The lowest BCUT2D eigenvalue weighted by molar-refractivity contribution is 0.275. The Morgan fingerprint density at radius 3 is 1.75 bits per heavy atom. The molecule has 0 spiro atoms. The van der Waals surface area contributed by atoms with Gasteiger partial charge in [0.05, 0.1) is 0 Å². The summed E-state index contributed by atoms with van der Waals surface area (Å²) in [6, 6.07) is 0. The van der Waals surface area contributed by atoms with Gasteiger partial charge in [0.2, 0.25) is 0 Å². The summed E-state index contributed by atoms with van der Waals surface area (Å²) >= 11 is 0. The van der Waals surface area contributed by atoms with E-state index >= 15 is 0 Å². The molecule has 0 bridgehead atoms. The van der Waals surface area contributed by atoms with E-state index in [1.165, 1.54) is 25.9 Å². The van der Waals surface area contributed by atoms with Gasteiger partial charge in [-0.05, 0) is 31.8 Å². The summed E-state index contributed by atoms with van der Waals surface area (Å²) in [6.07, 6.45) is 2.75. The molecule has 0 saturated carbocycles. The normalized spacial score (nSPS) is 19.7. The third-order valence-electron chi connectivity index (χ3n) is 1.63. The smallest absolute Gasteiger partial charge is 0.317 e. The van der Waals surface area contributed by atoms with Crippen LogP contribution in [0.2, 0.25) is 0 Å². The Morgan fingerprint density at radius 2 is 1.58 bits per heavy atom. The van der Waals surface area contributed by atoms with Gasteiger partial charge in [-0.15, -0.1) is 0 Å². The largest absolute Gasteiger partial charge is 0.466 e. The number of rotatable bonds is 0. The van der Waals surface area contributed by atoms with E-state index in [4.69, 9.17) is 19.2 Å². The first-order valence-electron chi connectivity index (χ1n) is 3.88. The predicted molar refractivity (Wildman–Crippen MR) is 45.5 cm³/mol. The lowest BCUT2D eigenvalue weighted by Gasteiger charge is -2.17. The lowest BCUT2D eigenvalue weighted by atomic mass is 10.0. The zero-order chi connectivity index (χ0) is 9.61. The summed E-state index contributed by atoms with van der Waals surface area (Å²) in [5.41, 5.74) is 0. The summed E-state index contributed by atoms with van der Waals surface area (Å²) < 4.78 is 8.88. The minimum Gasteiger partial charge on any atom is -0.317 e. The maximum absolute atomic E-state index is 8.88. The quantitative estimate of drug-likeness (QED) is 0.413. The van der Waals surface area contributed by atoms with Crippen LogP contribution in [-0.2, 0) is 4.57 Å². The van der Waals surface area contributed by atoms with Gasteiger partial charge in [0.15, 0.2) is 0 Å². The Labute approximate surface area is 72.0 Å². The third kappa shape index (κ3) is 12.7. The maximum atomic E-state index is 8.88. The number of phosphoric acid groups is 1. The average Bonchev–Trinajstić information content (AvgIpc) is 1.85. The molecule has 1 aliphatic heterocycles. The monoisotopic (exact) mass is 197 g/mol. The Hall–Kier alpha value is 0.0700. The molecule has 0 aliphatic carbocycles. The first kappa shape index (κ1) is 12.1. The fourth-order valence-corrected chi connectivity index (χ4v) is 0.966. The molecule has 1 saturated heterocycles. The molecular weight excluding hydrogens is 181 g/mol. The number of hydrogen-bond acceptors (Lipinski definition) is 2. The van der Waals surface area contributed by atoms with Crippen molar-refractivity contribution in [3.05, 3.63) is 0 Å². The van der Waals surface area contributed by atoms with Crippen LogP contribution in [0.25, 0.3) is 0 Å². The number of hydrogen-bond donors (Lipinski definition) is 4. The molecule has 6 heteroatoms. The van der Waals surface area contributed by atoms with E-state index in [1.807, 2.05) is 0 Å². The van der Waals surface area contributed by atoms with Gasteiger partial charge >= 0.3 is 7.82 Å². The molecule has 74 valence electrons. The van der Waals surface area contributed by atoms with Crippen LogP contribution in [0.3, 0.4) is 0 Å². The molecule has 5 nitrogen and oxygen atoms in total. The van der Waals surface area contributed by atoms with Crippen LogP contribution < -0.4 is 5.32 Å². The summed E-state index contributed by atoms with van der Waals surface area (Å²) in [4.78, 5) is 21.6. The van der Waals surface area contributed by atoms with E-state index in [0.29, 0.717) is 0 Å². The molecule has 0 radical (unpaired) electrons. The topological polar surface area (TPSA) is 89.8 Å². The maximum Gasteiger partial charge on any atom is 0.466 e. The zero-order valence-electron chi connectivity index (χ0n) is 7.10. The van der Waals surface area contributed by atoms with Crippen molar-refractivity contribution in [2.45, 2.75) is 19.8 Å². The summed E-state index contributed by atoms with van der Waals surface area (Å²) in [7, 11) is -4.64. The van der Waals surface area contributed by atoms with Crippen molar-refractivity contribution < 1.29 is 19.2 Å². The molecule has 0 aromatic carbocycles. The summed E-state index contributed by atoms with van der Waals surface area (Å²) in [6.45, 7) is 4.79. The van der Waals surface area contributed by atoms with Gasteiger partial charge < -0.3 is 20.0 Å². The minimum atomic E-state index is -4.64. The van der Waals surface area contributed by atoms with Gasteiger partial charge in [0, 0.05) is 0 Å². The highest BCUT2D eigenvalue weighted by Crippen LogP contribution is 2.25. The van der Waals surface area contributed by atoms with Crippen molar-refractivity contribution >= 4 is 7.82 Å². The van der Waals surface area contributed by atoms with E-state index in [2.05, 4.69) is 12.2 Å². The Morgan fingerprint density at radius 1 is 1.25 bits per heavy atom. The van der Waals surface area contributed by atoms with Gasteiger partial charge in [-0.3, -0.25) is 0 Å². The van der Waals surface area contributed by atoms with Crippen LogP contribution >= 0.6 is 7.82 Å². The second-order valence-electron chi connectivity index (χ2n) is 2.95. The molecule has 1 fully saturated rings. The zero-order valence-corrected chi connectivity index (χ0v) is 8.00. The summed E-state index contributed by atoms with van der Waals surface area (Å²) in [5.74, 6) is 0.973.